The average molecular weight is 219 g/mol. The fourth-order valence-electron chi connectivity index (χ4n) is 0.513. The van der Waals surface area contributed by atoms with Gasteiger partial charge in [0.05, 0.1) is 0 Å². The van der Waals surface area contributed by atoms with Gasteiger partial charge in [0.25, 0.3) is 0 Å². The summed E-state index contributed by atoms with van der Waals surface area (Å²) >= 11 is 0. The van der Waals surface area contributed by atoms with Crippen LogP contribution in [0.15, 0.2) is 0 Å². The molecule has 0 fully saturated rings. The molecule has 0 radical (unpaired) electrons. The molecule has 0 amide bonds. The topological polar surface area (TPSA) is 34.1 Å². The van der Waals surface area contributed by atoms with E-state index in [1.165, 1.54) is 6.92 Å². The quantitative estimate of drug-likeness (QED) is 0.669. The number of hydrogen-bond donors (Lipinski definition) is 0. The van der Waals surface area contributed by atoms with Crippen LogP contribution in [0.3, 0.4) is 0 Å². The Bertz CT molecular complexity index is 121. The van der Waals surface area contributed by atoms with Crippen molar-refractivity contribution in [2.24, 2.45) is 0 Å². The van der Waals surface area contributed by atoms with Crippen molar-refractivity contribution in [1.82, 2.24) is 0 Å². The van der Waals surface area contributed by atoms with E-state index in [2.05, 4.69) is 0 Å². The molecule has 0 saturated carbocycles. The smallest absolute Gasteiger partial charge is 0.198 e. The normalized spacial score (nSPS) is 8.20. The number of carbonyl (C=O) groups excluding carboxylic acids is 2. The van der Waals surface area contributed by atoms with Crippen LogP contribution in [0.5, 0.6) is 0 Å². The van der Waals surface area contributed by atoms with Gasteiger partial charge in [-0.2, -0.15) is 0 Å². The van der Waals surface area contributed by atoms with Gasteiger partial charge in [-0.05, 0) is 6.42 Å². The van der Waals surface area contributed by atoms with Crippen LogP contribution in [-0.2, 0) is 35.8 Å². The minimum Gasteiger partial charge on any atom is -0.291 e. The van der Waals surface area contributed by atoms with Crippen molar-refractivity contribution in [2.45, 2.75) is 33.1 Å². The summed E-state index contributed by atoms with van der Waals surface area (Å²) in [5.74, 6) is -0.555. The molecule has 0 atom stereocenters. The predicted molar refractivity (Wildman–Crippen MR) is 35.2 cm³/mol. The van der Waals surface area contributed by atoms with Gasteiger partial charge in [-0.25, -0.2) is 0 Å². The van der Waals surface area contributed by atoms with E-state index in [1.807, 2.05) is 6.92 Å². The van der Waals surface area contributed by atoms with E-state index in [9.17, 15) is 9.59 Å². The zero-order valence-electron chi connectivity index (χ0n) is 6.44. The Hall–Kier alpha value is 0.223. The zero-order valence-corrected chi connectivity index (χ0v) is 8.90. The molecule has 0 N–H and O–H groups in total. The Morgan fingerprint density at radius 3 is 2.10 bits per heavy atom. The van der Waals surface area contributed by atoms with Gasteiger partial charge < -0.3 is 0 Å². The fraction of sp³-hybridized carbons (Fsp3) is 0.714. The molecule has 10 heavy (non-hydrogen) atoms. The number of ketones is 2. The SMILES string of the molecule is CCCCC(=O)C(C)=O.[Zr]. The Kier molecular flexibility index (Phi) is 9.43. The van der Waals surface area contributed by atoms with Gasteiger partial charge in [0.15, 0.2) is 11.6 Å². The molecular formula is C7H12O2Zr. The first-order valence-corrected chi connectivity index (χ1v) is 3.22. The van der Waals surface area contributed by atoms with Crippen LogP contribution < -0.4 is 0 Å². The Morgan fingerprint density at radius 2 is 1.80 bits per heavy atom. The molecule has 0 aliphatic rings. The number of Topliss-reactive ketones (excluding diaryl/α,β-unsaturated/α-hetero) is 2. The third kappa shape index (κ3) is 6.34. The molecule has 0 aliphatic carbocycles. The van der Waals surface area contributed by atoms with Crippen LogP contribution in [0.4, 0.5) is 0 Å². The Labute approximate surface area is 80.5 Å². The van der Waals surface area contributed by atoms with E-state index in [1.54, 1.807) is 0 Å². The van der Waals surface area contributed by atoms with E-state index in [4.69, 9.17) is 0 Å². The van der Waals surface area contributed by atoms with Crippen molar-refractivity contribution in [3.63, 3.8) is 0 Å². The molecule has 0 saturated heterocycles. The van der Waals surface area contributed by atoms with Crippen molar-refractivity contribution in [3.8, 4) is 0 Å². The van der Waals surface area contributed by atoms with Crippen LogP contribution in [0.1, 0.15) is 33.1 Å². The minimum atomic E-state index is -0.316. The molecule has 0 heterocycles. The van der Waals surface area contributed by atoms with Gasteiger partial charge in [0.2, 0.25) is 0 Å². The first-order chi connectivity index (χ1) is 4.18. The second-order valence-corrected chi connectivity index (χ2v) is 2.08. The monoisotopic (exact) mass is 218 g/mol. The number of hydrogen-bond acceptors (Lipinski definition) is 2. The molecule has 0 bridgehead atoms. The molecule has 0 unspecified atom stereocenters. The third-order valence-corrected chi connectivity index (χ3v) is 1.15. The maximum absolute atomic E-state index is 10.6. The molecule has 0 spiro atoms. The molecule has 0 aromatic carbocycles. The van der Waals surface area contributed by atoms with Crippen LogP contribution >= 0.6 is 0 Å². The third-order valence-electron chi connectivity index (χ3n) is 1.15. The van der Waals surface area contributed by atoms with Crippen molar-refractivity contribution in [1.29, 1.82) is 0 Å². The summed E-state index contributed by atoms with van der Waals surface area (Å²) < 4.78 is 0. The van der Waals surface area contributed by atoms with Crippen LogP contribution in [0.25, 0.3) is 0 Å². The van der Waals surface area contributed by atoms with Gasteiger partial charge in [-0.1, -0.05) is 13.3 Å². The maximum atomic E-state index is 10.6. The second-order valence-electron chi connectivity index (χ2n) is 2.08. The van der Waals surface area contributed by atoms with E-state index >= 15 is 0 Å². The van der Waals surface area contributed by atoms with Crippen molar-refractivity contribution in [3.05, 3.63) is 0 Å². The molecule has 3 heteroatoms. The maximum Gasteiger partial charge on any atom is 0.198 e. The molecule has 0 aromatic heterocycles. The minimum absolute atomic E-state index is 0. The Morgan fingerprint density at radius 1 is 1.30 bits per heavy atom. The summed E-state index contributed by atoms with van der Waals surface area (Å²) in [6.45, 7) is 3.31. The van der Waals surface area contributed by atoms with E-state index < -0.39 is 0 Å². The predicted octanol–water partition coefficient (Wildman–Crippen LogP) is 1.33. The molecule has 0 rings (SSSR count). The zero-order chi connectivity index (χ0) is 7.28. The summed E-state index contributed by atoms with van der Waals surface area (Å²) in [4.78, 5) is 20.9. The summed E-state index contributed by atoms with van der Waals surface area (Å²) in [6, 6.07) is 0. The first-order valence-electron chi connectivity index (χ1n) is 3.22. The average Bonchev–Trinajstić information content (AvgIpc) is 1.82. The van der Waals surface area contributed by atoms with Gasteiger partial charge in [-0.3, -0.25) is 9.59 Å². The number of carbonyl (C=O) groups is 2. The van der Waals surface area contributed by atoms with E-state index in [-0.39, 0.29) is 37.8 Å². The van der Waals surface area contributed by atoms with Gasteiger partial charge >= 0.3 is 0 Å². The number of rotatable bonds is 4. The van der Waals surface area contributed by atoms with Crippen LogP contribution in [0.2, 0.25) is 0 Å². The van der Waals surface area contributed by atoms with E-state index in [0.717, 1.165) is 12.8 Å². The van der Waals surface area contributed by atoms with Crippen molar-refractivity contribution >= 4 is 11.6 Å². The first kappa shape index (κ1) is 12.9. The molecule has 0 aromatic rings. The summed E-state index contributed by atoms with van der Waals surface area (Å²) in [6.07, 6.45) is 2.23. The molecule has 2 nitrogen and oxygen atoms in total. The van der Waals surface area contributed by atoms with Gasteiger partial charge in [-0.15, -0.1) is 0 Å². The second kappa shape index (κ2) is 7.33. The molecular weight excluding hydrogens is 207 g/mol. The standard InChI is InChI=1S/C7H12O2.Zr/c1-3-4-5-7(9)6(2)8;/h3-5H2,1-2H3;. The summed E-state index contributed by atoms with van der Waals surface area (Å²) in [5, 5.41) is 0. The van der Waals surface area contributed by atoms with Gasteiger partial charge in [0, 0.05) is 39.5 Å². The molecule has 56 valence electrons. The fourth-order valence-corrected chi connectivity index (χ4v) is 0.513. The van der Waals surface area contributed by atoms with Crippen LogP contribution in [-0.4, -0.2) is 11.6 Å². The van der Waals surface area contributed by atoms with Gasteiger partial charge in [0.1, 0.15) is 0 Å². The van der Waals surface area contributed by atoms with Crippen LogP contribution in [0, 0.1) is 0 Å². The largest absolute Gasteiger partial charge is 0.291 e. The number of unbranched alkanes of at least 4 members (excludes halogenated alkanes) is 1. The van der Waals surface area contributed by atoms with E-state index in [0.29, 0.717) is 6.42 Å². The molecule has 0 aliphatic heterocycles. The Balaban J connectivity index is 0. The summed E-state index contributed by atoms with van der Waals surface area (Å²) in [5.41, 5.74) is 0. The van der Waals surface area contributed by atoms with Crippen molar-refractivity contribution in [2.75, 3.05) is 0 Å². The summed E-state index contributed by atoms with van der Waals surface area (Å²) in [7, 11) is 0. The van der Waals surface area contributed by atoms with Crippen molar-refractivity contribution < 1.29 is 35.8 Å².